The van der Waals surface area contributed by atoms with Gasteiger partial charge in [-0.25, -0.2) is 4.79 Å². The molecule has 0 saturated heterocycles. The lowest BCUT2D eigenvalue weighted by atomic mass is 10.2. The number of urea groups is 1. The molecule has 1 aromatic rings. The number of carbonyl (C=O) groups excluding carboxylic acids is 1. The highest BCUT2D eigenvalue weighted by Crippen LogP contribution is 2.21. The lowest BCUT2D eigenvalue weighted by molar-refractivity contribution is -0.137. The Kier molecular flexibility index (Phi) is 6.11. The number of rotatable bonds is 6. The number of carboxylic acid groups (broad SMARTS) is 1. The van der Waals surface area contributed by atoms with Crippen LogP contribution in [0.15, 0.2) is 12.1 Å². The van der Waals surface area contributed by atoms with Gasteiger partial charge in [-0.15, -0.1) is 11.3 Å². The summed E-state index contributed by atoms with van der Waals surface area (Å²) < 4.78 is 0.661. The summed E-state index contributed by atoms with van der Waals surface area (Å²) >= 11 is 7.18. The Morgan fingerprint density at radius 1 is 1.47 bits per heavy atom. The van der Waals surface area contributed by atoms with Crippen molar-refractivity contribution in [2.45, 2.75) is 20.4 Å². The fraction of sp³-hybridized carbons (Fsp3) is 0.500. The number of thiophene rings is 1. The molecule has 0 aliphatic rings. The molecule has 106 valence electrons. The number of amides is 2. The molecule has 0 bridgehead atoms. The number of halogens is 1. The molecule has 0 fully saturated rings. The first-order valence-corrected chi connectivity index (χ1v) is 7.06. The third kappa shape index (κ3) is 5.94. The zero-order valence-electron chi connectivity index (χ0n) is 10.9. The van der Waals surface area contributed by atoms with Crippen LogP contribution in [0.25, 0.3) is 0 Å². The van der Waals surface area contributed by atoms with Crippen molar-refractivity contribution in [3.05, 3.63) is 21.3 Å². The van der Waals surface area contributed by atoms with E-state index < -0.39 is 5.97 Å². The molecule has 1 rings (SSSR count). The second-order valence-corrected chi connectivity index (χ2v) is 6.33. The van der Waals surface area contributed by atoms with E-state index in [2.05, 4.69) is 5.32 Å². The van der Waals surface area contributed by atoms with Gasteiger partial charge in [0.1, 0.15) is 6.54 Å². The summed E-state index contributed by atoms with van der Waals surface area (Å²) in [7, 11) is 0. The fourth-order valence-electron chi connectivity index (χ4n) is 1.54. The Bertz CT molecular complexity index is 448. The molecule has 0 atom stereocenters. The normalized spacial score (nSPS) is 10.5. The van der Waals surface area contributed by atoms with E-state index in [0.717, 1.165) is 4.88 Å². The topological polar surface area (TPSA) is 69.6 Å². The summed E-state index contributed by atoms with van der Waals surface area (Å²) in [5, 5.41) is 11.5. The highest BCUT2D eigenvalue weighted by Gasteiger charge is 2.17. The number of hydrogen-bond donors (Lipinski definition) is 2. The van der Waals surface area contributed by atoms with Gasteiger partial charge >= 0.3 is 12.0 Å². The number of hydrogen-bond acceptors (Lipinski definition) is 3. The van der Waals surface area contributed by atoms with Crippen molar-refractivity contribution in [2.75, 3.05) is 13.1 Å². The first kappa shape index (κ1) is 15.8. The van der Waals surface area contributed by atoms with Crippen LogP contribution in [-0.2, 0) is 11.3 Å². The van der Waals surface area contributed by atoms with Crippen LogP contribution in [0.5, 0.6) is 0 Å². The molecule has 0 radical (unpaired) electrons. The molecule has 1 aromatic heterocycles. The van der Waals surface area contributed by atoms with Gasteiger partial charge in [0, 0.05) is 11.4 Å². The van der Waals surface area contributed by atoms with Gasteiger partial charge in [-0.2, -0.15) is 0 Å². The lowest BCUT2D eigenvalue weighted by Crippen LogP contribution is -2.44. The number of carbonyl (C=O) groups is 2. The van der Waals surface area contributed by atoms with E-state index in [9.17, 15) is 9.59 Å². The largest absolute Gasteiger partial charge is 0.480 e. The summed E-state index contributed by atoms with van der Waals surface area (Å²) in [5.41, 5.74) is 0. The van der Waals surface area contributed by atoms with E-state index in [4.69, 9.17) is 16.7 Å². The maximum absolute atomic E-state index is 11.9. The number of carboxylic acids is 1. The maximum atomic E-state index is 11.9. The fourth-order valence-corrected chi connectivity index (χ4v) is 2.57. The van der Waals surface area contributed by atoms with E-state index in [0.29, 0.717) is 17.4 Å². The average Bonchev–Trinajstić information content (AvgIpc) is 2.70. The minimum absolute atomic E-state index is 0.210. The highest BCUT2D eigenvalue weighted by molar-refractivity contribution is 7.16. The minimum Gasteiger partial charge on any atom is -0.480 e. The summed E-state index contributed by atoms with van der Waals surface area (Å²) in [6, 6.07) is 3.22. The summed E-state index contributed by atoms with van der Waals surface area (Å²) in [5.74, 6) is -0.809. The summed E-state index contributed by atoms with van der Waals surface area (Å²) in [6.45, 7) is 4.32. The van der Waals surface area contributed by atoms with Crippen LogP contribution in [0.4, 0.5) is 4.79 Å². The van der Waals surface area contributed by atoms with Crippen LogP contribution in [0, 0.1) is 5.92 Å². The molecule has 0 saturated carbocycles. The van der Waals surface area contributed by atoms with Crippen molar-refractivity contribution >= 4 is 34.9 Å². The van der Waals surface area contributed by atoms with Crippen LogP contribution in [-0.4, -0.2) is 35.1 Å². The molecule has 19 heavy (non-hydrogen) atoms. The van der Waals surface area contributed by atoms with Crippen molar-refractivity contribution < 1.29 is 14.7 Å². The Morgan fingerprint density at radius 3 is 2.63 bits per heavy atom. The third-order valence-electron chi connectivity index (χ3n) is 2.24. The molecule has 1 heterocycles. The predicted molar refractivity (Wildman–Crippen MR) is 75.6 cm³/mol. The monoisotopic (exact) mass is 304 g/mol. The lowest BCUT2D eigenvalue weighted by Gasteiger charge is -2.22. The molecule has 5 nitrogen and oxygen atoms in total. The zero-order valence-corrected chi connectivity index (χ0v) is 12.4. The molecular formula is C12H17ClN2O3S. The van der Waals surface area contributed by atoms with Crippen LogP contribution in [0.3, 0.4) is 0 Å². The molecule has 0 aliphatic carbocycles. The maximum Gasteiger partial charge on any atom is 0.323 e. The first-order valence-electron chi connectivity index (χ1n) is 5.87. The predicted octanol–water partition coefficient (Wildman–Crippen LogP) is 2.65. The van der Waals surface area contributed by atoms with E-state index in [1.165, 1.54) is 16.2 Å². The standard InChI is InChI=1S/C12H17ClN2O3S/c1-8(2)6-15(7-11(16)17)12(18)14-5-9-3-4-10(13)19-9/h3-4,8H,5-7H2,1-2H3,(H,14,18)(H,16,17). The number of aliphatic carboxylic acids is 1. The zero-order chi connectivity index (χ0) is 14.4. The van der Waals surface area contributed by atoms with Crippen molar-refractivity contribution in [2.24, 2.45) is 5.92 Å². The summed E-state index contributed by atoms with van der Waals surface area (Å²) in [6.07, 6.45) is 0. The van der Waals surface area contributed by atoms with Crippen molar-refractivity contribution in [1.29, 1.82) is 0 Å². The van der Waals surface area contributed by atoms with Gasteiger partial charge in [-0.3, -0.25) is 4.79 Å². The molecule has 2 amide bonds. The quantitative estimate of drug-likeness (QED) is 0.849. The van der Waals surface area contributed by atoms with Crippen LogP contribution in [0.2, 0.25) is 4.34 Å². The Hall–Kier alpha value is -1.27. The Morgan fingerprint density at radius 2 is 2.16 bits per heavy atom. The summed E-state index contributed by atoms with van der Waals surface area (Å²) in [4.78, 5) is 24.9. The van der Waals surface area contributed by atoms with Crippen LogP contribution >= 0.6 is 22.9 Å². The number of nitrogens with zero attached hydrogens (tertiary/aromatic N) is 1. The molecule has 2 N–H and O–H groups in total. The first-order chi connectivity index (χ1) is 8.88. The second-order valence-electron chi connectivity index (χ2n) is 4.53. The Labute approximate surface area is 121 Å². The molecule has 0 unspecified atom stereocenters. The van der Waals surface area contributed by atoms with Crippen molar-refractivity contribution in [3.8, 4) is 0 Å². The SMILES string of the molecule is CC(C)CN(CC(=O)O)C(=O)NCc1ccc(Cl)s1. The molecule has 0 aliphatic heterocycles. The molecule has 0 aromatic carbocycles. The van der Waals surface area contributed by atoms with E-state index >= 15 is 0 Å². The van der Waals surface area contributed by atoms with Crippen LogP contribution in [0.1, 0.15) is 18.7 Å². The van der Waals surface area contributed by atoms with E-state index in [1.54, 1.807) is 6.07 Å². The van der Waals surface area contributed by atoms with E-state index in [-0.39, 0.29) is 18.5 Å². The van der Waals surface area contributed by atoms with Crippen LogP contribution < -0.4 is 5.32 Å². The third-order valence-corrected chi connectivity index (χ3v) is 3.47. The van der Waals surface area contributed by atoms with Gasteiger partial charge in [-0.05, 0) is 18.1 Å². The van der Waals surface area contributed by atoms with Gasteiger partial charge in [0.25, 0.3) is 0 Å². The highest BCUT2D eigenvalue weighted by atomic mass is 35.5. The average molecular weight is 305 g/mol. The van der Waals surface area contributed by atoms with Gasteiger partial charge in [0.2, 0.25) is 0 Å². The molecular weight excluding hydrogens is 288 g/mol. The second kappa shape index (κ2) is 7.35. The van der Waals surface area contributed by atoms with Crippen molar-refractivity contribution in [3.63, 3.8) is 0 Å². The smallest absolute Gasteiger partial charge is 0.323 e. The Balaban J connectivity index is 2.53. The van der Waals surface area contributed by atoms with Crippen molar-refractivity contribution in [1.82, 2.24) is 10.2 Å². The minimum atomic E-state index is -1.02. The molecule has 0 spiro atoms. The van der Waals surface area contributed by atoms with Gasteiger partial charge in [0.05, 0.1) is 10.9 Å². The van der Waals surface area contributed by atoms with Gasteiger partial charge < -0.3 is 15.3 Å². The van der Waals surface area contributed by atoms with Gasteiger partial charge in [0.15, 0.2) is 0 Å². The van der Waals surface area contributed by atoms with Gasteiger partial charge in [-0.1, -0.05) is 25.4 Å². The number of nitrogens with one attached hydrogen (secondary N) is 1. The molecule has 7 heteroatoms. The van der Waals surface area contributed by atoms with E-state index in [1.807, 2.05) is 19.9 Å².